The van der Waals surface area contributed by atoms with Crippen LogP contribution in [0.1, 0.15) is 386 Å². The number of aliphatic hydroxyl groups is 5. The first-order valence-electron chi connectivity index (χ1n) is 39.0. The number of nitrogens with one attached hydrogen (secondary N) is 1. The van der Waals surface area contributed by atoms with Crippen molar-refractivity contribution in [3.05, 3.63) is 60.8 Å². The van der Waals surface area contributed by atoms with E-state index in [-0.39, 0.29) is 12.5 Å². The molecule has 6 N–H and O–H groups in total. The van der Waals surface area contributed by atoms with Gasteiger partial charge in [-0.2, -0.15) is 0 Å². The Morgan fingerprint density at radius 1 is 0.393 bits per heavy atom. The Bertz CT molecular complexity index is 1600. The van der Waals surface area contributed by atoms with Crippen molar-refractivity contribution in [2.75, 3.05) is 13.2 Å². The van der Waals surface area contributed by atoms with Crippen molar-refractivity contribution in [3.8, 4) is 0 Å². The number of aliphatic hydroxyl groups excluding tert-OH is 5. The van der Waals surface area contributed by atoms with Crippen LogP contribution in [0.2, 0.25) is 0 Å². The first-order valence-corrected chi connectivity index (χ1v) is 39.0. The molecule has 9 nitrogen and oxygen atoms in total. The van der Waals surface area contributed by atoms with Crippen molar-refractivity contribution in [1.82, 2.24) is 5.32 Å². The summed E-state index contributed by atoms with van der Waals surface area (Å²) in [5.74, 6) is -0.137. The van der Waals surface area contributed by atoms with Gasteiger partial charge in [0.25, 0.3) is 0 Å². The van der Waals surface area contributed by atoms with Gasteiger partial charge in [0.2, 0.25) is 5.91 Å². The lowest BCUT2D eigenvalue weighted by Crippen LogP contribution is -2.60. The molecular formula is C80H149NO8. The molecule has 0 radical (unpaired) electrons. The highest BCUT2D eigenvalue weighted by Gasteiger charge is 2.44. The third kappa shape index (κ3) is 57.1. The van der Waals surface area contributed by atoms with Crippen LogP contribution in [0, 0.1) is 0 Å². The summed E-state index contributed by atoms with van der Waals surface area (Å²) in [4.78, 5) is 13.2. The van der Waals surface area contributed by atoms with Crippen molar-refractivity contribution in [1.29, 1.82) is 0 Å². The second-order valence-electron chi connectivity index (χ2n) is 27.1. The molecule has 1 amide bonds. The smallest absolute Gasteiger partial charge is 0.220 e. The quantitative estimate of drug-likeness (QED) is 0.0261. The molecular weight excluding hydrogens is 1100 g/mol. The molecule has 1 fully saturated rings. The van der Waals surface area contributed by atoms with E-state index in [1.54, 1.807) is 0 Å². The number of ether oxygens (including phenoxy) is 2. The molecule has 0 aromatic rings. The van der Waals surface area contributed by atoms with Crippen LogP contribution in [0.3, 0.4) is 0 Å². The molecule has 0 aromatic carbocycles. The molecule has 9 heteroatoms. The summed E-state index contributed by atoms with van der Waals surface area (Å²) in [7, 11) is 0. The molecule has 1 aliphatic rings. The second kappa shape index (κ2) is 68.7. The zero-order valence-electron chi connectivity index (χ0n) is 58.7. The van der Waals surface area contributed by atoms with Gasteiger partial charge >= 0.3 is 0 Å². The van der Waals surface area contributed by atoms with E-state index < -0.39 is 49.5 Å². The van der Waals surface area contributed by atoms with E-state index in [1.165, 1.54) is 289 Å². The molecule has 7 unspecified atom stereocenters. The van der Waals surface area contributed by atoms with Crippen LogP contribution in [0.4, 0.5) is 0 Å². The summed E-state index contributed by atoms with van der Waals surface area (Å²) in [5, 5.41) is 55.1. The highest BCUT2D eigenvalue weighted by atomic mass is 16.7. The number of amides is 1. The standard InChI is InChI=1S/C80H149NO8/c1-3-5-7-9-11-13-15-17-19-21-23-25-27-29-31-33-34-35-36-37-38-39-40-42-44-46-48-50-52-54-56-58-60-62-64-66-68-70-76(84)81-73(72-88-80-79(87)78(86)77(85)75(71-82)89-80)74(83)69-67-65-63-61-59-57-55-53-51-49-47-45-43-41-32-30-28-26-24-22-20-18-16-14-12-10-8-6-4-2/h5,7,11,13,17,19,23,25,29,31,73-75,77-80,82-83,85-87H,3-4,6,8-10,12,14-16,18,20-22,24,26-28,30,32-72H2,1-2H3,(H,81,84)/b7-5-,13-11-,19-17-,25-23-,31-29-. The molecule has 522 valence electrons. The fourth-order valence-electron chi connectivity index (χ4n) is 12.6. The van der Waals surface area contributed by atoms with Crippen LogP contribution in [-0.4, -0.2) is 87.5 Å². The van der Waals surface area contributed by atoms with E-state index in [0.717, 1.165) is 70.6 Å². The van der Waals surface area contributed by atoms with Crippen LogP contribution < -0.4 is 5.32 Å². The number of unbranched alkanes of at least 4 members (excludes halogenated alkanes) is 49. The first kappa shape index (κ1) is 84.9. The molecule has 0 bridgehead atoms. The van der Waals surface area contributed by atoms with Gasteiger partial charge in [-0.15, -0.1) is 0 Å². The predicted molar refractivity (Wildman–Crippen MR) is 382 cm³/mol. The van der Waals surface area contributed by atoms with Gasteiger partial charge in [0.15, 0.2) is 6.29 Å². The molecule has 0 spiro atoms. The van der Waals surface area contributed by atoms with Crippen LogP contribution in [0.5, 0.6) is 0 Å². The average Bonchev–Trinajstić information content (AvgIpc) is 2.28. The second-order valence-corrected chi connectivity index (χ2v) is 27.1. The normalized spacial score (nSPS) is 18.1. The van der Waals surface area contributed by atoms with E-state index in [0.29, 0.717) is 12.8 Å². The van der Waals surface area contributed by atoms with Crippen LogP contribution in [0.15, 0.2) is 60.8 Å². The van der Waals surface area contributed by atoms with Gasteiger partial charge in [-0.3, -0.25) is 4.79 Å². The Labute approximate surface area is 551 Å². The number of carbonyl (C=O) groups is 1. The largest absolute Gasteiger partial charge is 0.394 e. The Kier molecular flexibility index (Phi) is 65.6. The summed E-state index contributed by atoms with van der Waals surface area (Å²) in [5.41, 5.74) is 0. The minimum absolute atomic E-state index is 0.134. The van der Waals surface area contributed by atoms with Gasteiger partial charge in [0, 0.05) is 6.42 Å². The van der Waals surface area contributed by atoms with Crippen LogP contribution in [0.25, 0.3) is 0 Å². The van der Waals surface area contributed by atoms with Gasteiger partial charge in [0.05, 0.1) is 25.4 Å². The Morgan fingerprint density at radius 3 is 1.03 bits per heavy atom. The maximum atomic E-state index is 13.2. The van der Waals surface area contributed by atoms with Gasteiger partial charge in [-0.25, -0.2) is 0 Å². The monoisotopic (exact) mass is 1250 g/mol. The Morgan fingerprint density at radius 2 is 0.697 bits per heavy atom. The fraction of sp³-hybridized carbons (Fsp3) is 0.863. The van der Waals surface area contributed by atoms with Crippen LogP contribution in [-0.2, 0) is 14.3 Å². The number of hydrogen-bond donors (Lipinski definition) is 6. The van der Waals surface area contributed by atoms with Crippen molar-refractivity contribution in [3.63, 3.8) is 0 Å². The minimum atomic E-state index is -1.55. The summed E-state index contributed by atoms with van der Waals surface area (Å²) in [6.07, 6.45) is 88.9. The lowest BCUT2D eigenvalue weighted by atomic mass is 9.99. The maximum absolute atomic E-state index is 13.2. The van der Waals surface area contributed by atoms with Crippen molar-refractivity contribution < 1.29 is 39.8 Å². The average molecular weight is 1250 g/mol. The van der Waals surface area contributed by atoms with Crippen molar-refractivity contribution >= 4 is 5.91 Å². The molecule has 1 heterocycles. The number of allylic oxidation sites excluding steroid dienone is 10. The summed E-state index contributed by atoms with van der Waals surface area (Å²) >= 11 is 0. The highest BCUT2D eigenvalue weighted by molar-refractivity contribution is 5.76. The first-order chi connectivity index (χ1) is 43.8. The van der Waals surface area contributed by atoms with Gasteiger partial charge < -0.3 is 40.3 Å². The molecule has 0 aliphatic carbocycles. The van der Waals surface area contributed by atoms with E-state index >= 15 is 0 Å². The molecule has 0 aromatic heterocycles. The summed E-state index contributed by atoms with van der Waals surface area (Å²) in [6, 6.07) is -0.721. The van der Waals surface area contributed by atoms with E-state index in [1.807, 2.05) is 0 Å². The SMILES string of the molecule is CC/C=C\C/C=C\C/C=C\C/C=C\C/C=C\CCCCCCCCCCCCCCCCCCCCCCCC(=O)NC(COC1OC(CO)C(O)C(O)C1O)C(O)CCCCCCCCCCCCCCCCCCCCCCCCCCCCCCC. The van der Waals surface area contributed by atoms with Crippen molar-refractivity contribution in [2.24, 2.45) is 0 Å². The Hall–Kier alpha value is -2.11. The zero-order valence-corrected chi connectivity index (χ0v) is 58.7. The van der Waals surface area contributed by atoms with E-state index in [9.17, 15) is 30.3 Å². The maximum Gasteiger partial charge on any atom is 0.220 e. The van der Waals surface area contributed by atoms with Crippen molar-refractivity contribution in [2.45, 2.75) is 429 Å². The third-order valence-corrected chi connectivity index (χ3v) is 18.6. The van der Waals surface area contributed by atoms with E-state index in [2.05, 4.69) is 79.9 Å². The van der Waals surface area contributed by atoms with Crippen LogP contribution >= 0.6 is 0 Å². The summed E-state index contributed by atoms with van der Waals surface area (Å²) in [6.45, 7) is 3.78. The molecule has 7 atom stereocenters. The van der Waals surface area contributed by atoms with Gasteiger partial charge in [-0.05, 0) is 57.8 Å². The Balaban J connectivity index is 2.06. The van der Waals surface area contributed by atoms with Gasteiger partial charge in [0.1, 0.15) is 24.4 Å². The topological polar surface area (TPSA) is 149 Å². The lowest BCUT2D eigenvalue weighted by molar-refractivity contribution is -0.302. The lowest BCUT2D eigenvalue weighted by Gasteiger charge is -2.40. The van der Waals surface area contributed by atoms with E-state index in [4.69, 9.17) is 9.47 Å². The number of hydrogen-bond acceptors (Lipinski definition) is 8. The molecule has 1 saturated heterocycles. The minimum Gasteiger partial charge on any atom is -0.394 e. The van der Waals surface area contributed by atoms with Gasteiger partial charge in [-0.1, -0.05) is 383 Å². The predicted octanol–water partition coefficient (Wildman–Crippen LogP) is 22.1. The zero-order chi connectivity index (χ0) is 64.2. The molecule has 1 rings (SSSR count). The fourth-order valence-corrected chi connectivity index (χ4v) is 12.6. The molecule has 1 aliphatic heterocycles. The third-order valence-electron chi connectivity index (χ3n) is 18.6. The molecule has 89 heavy (non-hydrogen) atoms. The summed E-state index contributed by atoms with van der Waals surface area (Å²) < 4.78 is 11.4. The highest BCUT2D eigenvalue weighted by Crippen LogP contribution is 2.24. The molecule has 0 saturated carbocycles. The number of rotatable bonds is 69. The number of carbonyl (C=O) groups excluding carboxylic acids is 1.